The summed E-state index contributed by atoms with van der Waals surface area (Å²) in [5.74, 6) is -0.835. The zero-order valence-corrected chi connectivity index (χ0v) is 14.9. The van der Waals surface area contributed by atoms with E-state index < -0.39 is 11.9 Å². The lowest BCUT2D eigenvalue weighted by atomic mass is 9.96. The lowest BCUT2D eigenvalue weighted by Crippen LogP contribution is -2.29. The summed E-state index contributed by atoms with van der Waals surface area (Å²) in [6.45, 7) is 2.78. The van der Waals surface area contributed by atoms with Crippen LogP contribution in [-0.4, -0.2) is 29.3 Å². The number of amides is 1. The van der Waals surface area contributed by atoms with E-state index in [9.17, 15) is 14.7 Å². The van der Waals surface area contributed by atoms with E-state index in [1.165, 1.54) is 38.5 Å². The number of hydrogen-bond donors (Lipinski definition) is 3. The van der Waals surface area contributed by atoms with Gasteiger partial charge in [-0.3, -0.25) is 9.59 Å². The molecule has 0 fully saturated rings. The SMILES string of the molecule is CCCCCCCCCCC(CC(=O)NCCCS)C(=O)O. The number of nitrogens with one attached hydrogen (secondary N) is 1. The molecule has 0 aliphatic rings. The molecule has 0 aliphatic carbocycles. The molecule has 0 saturated heterocycles. The molecule has 4 nitrogen and oxygen atoms in total. The van der Waals surface area contributed by atoms with Crippen LogP contribution in [0.1, 0.15) is 77.6 Å². The molecule has 1 atom stereocenters. The molecule has 0 bridgehead atoms. The maximum atomic E-state index is 11.7. The smallest absolute Gasteiger partial charge is 0.307 e. The fraction of sp³-hybridized carbons (Fsp3) is 0.882. The van der Waals surface area contributed by atoms with Gasteiger partial charge in [0.1, 0.15) is 0 Å². The Hall–Kier alpha value is -0.710. The minimum Gasteiger partial charge on any atom is -0.481 e. The molecule has 0 heterocycles. The van der Waals surface area contributed by atoms with Crippen molar-refractivity contribution in [1.29, 1.82) is 0 Å². The van der Waals surface area contributed by atoms with E-state index in [0.717, 1.165) is 25.0 Å². The van der Waals surface area contributed by atoms with Gasteiger partial charge < -0.3 is 10.4 Å². The van der Waals surface area contributed by atoms with Gasteiger partial charge in [-0.15, -0.1) is 0 Å². The van der Waals surface area contributed by atoms with Gasteiger partial charge >= 0.3 is 5.97 Å². The first kappa shape index (κ1) is 21.3. The summed E-state index contributed by atoms with van der Waals surface area (Å²) in [6, 6.07) is 0. The lowest BCUT2D eigenvalue weighted by Gasteiger charge is -2.12. The van der Waals surface area contributed by atoms with Crippen molar-refractivity contribution < 1.29 is 14.7 Å². The molecule has 0 aromatic rings. The highest BCUT2D eigenvalue weighted by Crippen LogP contribution is 2.16. The largest absolute Gasteiger partial charge is 0.481 e. The Morgan fingerprint density at radius 2 is 1.59 bits per heavy atom. The quantitative estimate of drug-likeness (QED) is 0.313. The summed E-state index contributed by atoms with van der Waals surface area (Å²) in [6.07, 6.45) is 11.0. The average Bonchev–Trinajstić information content (AvgIpc) is 2.48. The lowest BCUT2D eigenvalue weighted by molar-refractivity contribution is -0.144. The monoisotopic (exact) mass is 331 g/mol. The molecule has 0 aliphatic heterocycles. The molecule has 0 aromatic carbocycles. The van der Waals surface area contributed by atoms with Crippen LogP contribution in [-0.2, 0) is 9.59 Å². The van der Waals surface area contributed by atoms with Gasteiger partial charge in [-0.05, 0) is 18.6 Å². The summed E-state index contributed by atoms with van der Waals surface area (Å²) in [4.78, 5) is 22.9. The van der Waals surface area contributed by atoms with E-state index in [1.807, 2.05) is 0 Å². The van der Waals surface area contributed by atoms with Gasteiger partial charge in [0.2, 0.25) is 5.91 Å². The molecule has 0 saturated carbocycles. The number of thiol groups is 1. The van der Waals surface area contributed by atoms with Crippen LogP contribution in [0.3, 0.4) is 0 Å². The third-order valence-electron chi connectivity index (χ3n) is 3.84. The molecular formula is C17H33NO3S. The fourth-order valence-corrected chi connectivity index (χ4v) is 2.60. The number of aliphatic carboxylic acids is 1. The Morgan fingerprint density at radius 1 is 1.00 bits per heavy atom. The predicted octanol–water partition coefficient (Wildman–Crippen LogP) is 4.04. The van der Waals surface area contributed by atoms with Crippen molar-refractivity contribution in [2.75, 3.05) is 12.3 Å². The average molecular weight is 332 g/mol. The van der Waals surface area contributed by atoms with Gasteiger partial charge in [-0.2, -0.15) is 12.6 Å². The Kier molecular flexibility index (Phi) is 14.7. The highest BCUT2D eigenvalue weighted by molar-refractivity contribution is 7.80. The first-order valence-electron chi connectivity index (χ1n) is 8.72. The van der Waals surface area contributed by atoms with Crippen molar-refractivity contribution in [3.05, 3.63) is 0 Å². The topological polar surface area (TPSA) is 66.4 Å². The standard InChI is InChI=1S/C17H33NO3S/c1-2-3-4-5-6-7-8-9-11-15(17(20)21)14-16(19)18-12-10-13-22/h15,22H,2-14H2,1H3,(H,18,19)(H,20,21). The minimum absolute atomic E-state index is 0.0956. The van der Waals surface area contributed by atoms with Crippen LogP contribution in [0.2, 0.25) is 0 Å². The fourth-order valence-electron chi connectivity index (χ4n) is 2.44. The van der Waals surface area contributed by atoms with Gasteiger partial charge in [-0.1, -0.05) is 58.3 Å². The van der Waals surface area contributed by atoms with E-state index in [-0.39, 0.29) is 12.3 Å². The first-order valence-corrected chi connectivity index (χ1v) is 9.35. The summed E-state index contributed by atoms with van der Waals surface area (Å²) in [5, 5.41) is 11.9. The van der Waals surface area contributed by atoms with E-state index in [1.54, 1.807) is 0 Å². The van der Waals surface area contributed by atoms with Crippen molar-refractivity contribution in [3.63, 3.8) is 0 Å². The Bertz CT molecular complexity index is 298. The second-order valence-electron chi connectivity index (χ2n) is 5.93. The molecule has 1 unspecified atom stereocenters. The Labute approximate surface area is 140 Å². The van der Waals surface area contributed by atoms with Crippen molar-refractivity contribution in [2.24, 2.45) is 5.92 Å². The third-order valence-corrected chi connectivity index (χ3v) is 4.16. The van der Waals surface area contributed by atoms with Gasteiger partial charge in [0.05, 0.1) is 5.92 Å². The normalized spacial score (nSPS) is 12.1. The second-order valence-corrected chi connectivity index (χ2v) is 6.38. The maximum absolute atomic E-state index is 11.7. The number of carboxylic acids is 1. The number of carboxylic acid groups (broad SMARTS) is 1. The molecular weight excluding hydrogens is 298 g/mol. The van der Waals surface area contributed by atoms with Crippen molar-refractivity contribution in [1.82, 2.24) is 5.32 Å². The molecule has 22 heavy (non-hydrogen) atoms. The van der Waals surface area contributed by atoms with Crippen molar-refractivity contribution in [2.45, 2.75) is 77.6 Å². The summed E-state index contributed by atoms with van der Waals surface area (Å²) in [7, 11) is 0. The van der Waals surface area contributed by atoms with Gasteiger partial charge in [-0.25, -0.2) is 0 Å². The molecule has 0 rings (SSSR count). The Balaban J connectivity index is 3.72. The highest BCUT2D eigenvalue weighted by Gasteiger charge is 2.20. The number of unbranched alkanes of at least 4 members (excludes halogenated alkanes) is 7. The molecule has 0 spiro atoms. The van der Waals surface area contributed by atoms with Crippen LogP contribution >= 0.6 is 12.6 Å². The zero-order chi connectivity index (χ0) is 16.6. The summed E-state index contributed by atoms with van der Waals surface area (Å²) >= 11 is 4.07. The number of hydrogen-bond acceptors (Lipinski definition) is 3. The van der Waals surface area contributed by atoms with E-state index in [4.69, 9.17) is 0 Å². The first-order chi connectivity index (χ1) is 10.6. The second kappa shape index (κ2) is 15.2. The van der Waals surface area contributed by atoms with Crippen LogP contribution in [0.4, 0.5) is 0 Å². The summed E-state index contributed by atoms with van der Waals surface area (Å²) in [5.41, 5.74) is 0. The van der Waals surface area contributed by atoms with Crippen molar-refractivity contribution in [3.8, 4) is 0 Å². The maximum Gasteiger partial charge on any atom is 0.307 e. The van der Waals surface area contributed by atoms with Crippen LogP contribution in [0.5, 0.6) is 0 Å². The van der Waals surface area contributed by atoms with E-state index in [0.29, 0.717) is 13.0 Å². The van der Waals surface area contributed by atoms with Gasteiger partial charge in [0.15, 0.2) is 0 Å². The van der Waals surface area contributed by atoms with E-state index in [2.05, 4.69) is 24.9 Å². The molecule has 1 amide bonds. The molecule has 0 aromatic heterocycles. The van der Waals surface area contributed by atoms with Crippen LogP contribution < -0.4 is 5.32 Å². The highest BCUT2D eigenvalue weighted by atomic mass is 32.1. The van der Waals surface area contributed by atoms with Gasteiger partial charge in [0, 0.05) is 13.0 Å². The molecule has 2 N–H and O–H groups in total. The minimum atomic E-state index is -0.854. The number of carbonyl (C=O) groups is 2. The van der Waals surface area contributed by atoms with Crippen LogP contribution in [0.25, 0.3) is 0 Å². The van der Waals surface area contributed by atoms with E-state index >= 15 is 0 Å². The van der Waals surface area contributed by atoms with Crippen molar-refractivity contribution >= 4 is 24.5 Å². The molecule has 0 radical (unpaired) electrons. The van der Waals surface area contributed by atoms with Gasteiger partial charge in [0.25, 0.3) is 0 Å². The van der Waals surface area contributed by atoms with Crippen LogP contribution in [0, 0.1) is 5.92 Å². The van der Waals surface area contributed by atoms with Crippen LogP contribution in [0.15, 0.2) is 0 Å². The molecule has 130 valence electrons. The Morgan fingerprint density at radius 3 is 2.14 bits per heavy atom. The third kappa shape index (κ3) is 13.0. The predicted molar refractivity (Wildman–Crippen MR) is 94.4 cm³/mol. The summed E-state index contributed by atoms with van der Waals surface area (Å²) < 4.78 is 0. The zero-order valence-electron chi connectivity index (χ0n) is 14.0. The number of carbonyl (C=O) groups excluding carboxylic acids is 1. The number of rotatable bonds is 15. The molecule has 5 heteroatoms.